The molecule has 0 saturated heterocycles. The van der Waals surface area contributed by atoms with Gasteiger partial charge in [-0.1, -0.05) is 12.1 Å². The van der Waals surface area contributed by atoms with E-state index in [0.29, 0.717) is 6.42 Å². The lowest BCUT2D eigenvalue weighted by Gasteiger charge is -2.01. The third kappa shape index (κ3) is 2.13. The fraction of sp³-hybridized carbons (Fsp3) is 0.400. The average Bonchev–Trinajstić information content (AvgIpc) is 2.97. The van der Waals surface area contributed by atoms with Crippen LogP contribution >= 0.6 is 0 Å². The van der Waals surface area contributed by atoms with E-state index < -0.39 is 15.4 Å². The number of benzene rings is 1. The highest BCUT2D eigenvalue weighted by atomic mass is 32.2. The molecule has 1 N–H and O–H groups in total. The smallest absolute Gasteiger partial charge is 0.268 e. The molecule has 5 heteroatoms. The summed E-state index contributed by atoms with van der Waals surface area (Å²) in [5.41, 5.74) is 0.929. The van der Waals surface area contributed by atoms with Crippen molar-refractivity contribution in [2.75, 3.05) is 7.11 Å². The molecular weight excluding hydrogens is 216 g/mol. The SMILES string of the molecule is COc1ccc([C@H]2C[C@H]2S(=O)(=O)O)cc1. The maximum absolute atomic E-state index is 10.8. The second-order valence-corrected chi connectivity index (χ2v) is 5.30. The Morgan fingerprint density at radius 2 is 1.93 bits per heavy atom. The molecule has 0 heterocycles. The van der Waals surface area contributed by atoms with Gasteiger partial charge in [-0.3, -0.25) is 4.55 Å². The monoisotopic (exact) mass is 228 g/mol. The summed E-state index contributed by atoms with van der Waals surface area (Å²) in [6.45, 7) is 0. The summed E-state index contributed by atoms with van der Waals surface area (Å²) in [7, 11) is -2.30. The molecule has 0 spiro atoms. The molecule has 0 radical (unpaired) electrons. The van der Waals surface area contributed by atoms with Gasteiger partial charge in [-0.05, 0) is 24.1 Å². The molecular formula is C10H12O4S. The van der Waals surface area contributed by atoms with Crippen LogP contribution in [-0.4, -0.2) is 25.3 Å². The molecule has 1 fully saturated rings. The van der Waals surface area contributed by atoms with Crippen LogP contribution in [-0.2, 0) is 10.1 Å². The van der Waals surface area contributed by atoms with Gasteiger partial charge in [-0.2, -0.15) is 8.42 Å². The van der Waals surface area contributed by atoms with Crippen LogP contribution in [0.1, 0.15) is 17.9 Å². The Morgan fingerprint density at radius 1 is 1.33 bits per heavy atom. The van der Waals surface area contributed by atoms with Crippen molar-refractivity contribution in [2.45, 2.75) is 17.6 Å². The molecule has 1 aromatic carbocycles. The molecule has 0 aliphatic heterocycles. The third-order valence-electron chi connectivity index (χ3n) is 2.66. The van der Waals surface area contributed by atoms with Crippen LogP contribution in [0, 0.1) is 0 Å². The van der Waals surface area contributed by atoms with Crippen molar-refractivity contribution in [3.8, 4) is 5.75 Å². The van der Waals surface area contributed by atoms with E-state index in [1.54, 1.807) is 19.2 Å². The lowest BCUT2D eigenvalue weighted by Crippen LogP contribution is -2.05. The van der Waals surface area contributed by atoms with Gasteiger partial charge in [0, 0.05) is 5.92 Å². The first-order valence-electron chi connectivity index (χ1n) is 4.62. The summed E-state index contributed by atoms with van der Waals surface area (Å²) in [6, 6.07) is 7.23. The van der Waals surface area contributed by atoms with Gasteiger partial charge >= 0.3 is 0 Å². The summed E-state index contributed by atoms with van der Waals surface area (Å²) in [4.78, 5) is 0. The molecule has 1 aromatic rings. The van der Waals surface area contributed by atoms with Crippen molar-refractivity contribution in [2.24, 2.45) is 0 Å². The fourth-order valence-electron chi connectivity index (χ4n) is 1.70. The number of ether oxygens (including phenoxy) is 1. The first-order valence-corrected chi connectivity index (χ1v) is 6.13. The van der Waals surface area contributed by atoms with E-state index in [1.165, 1.54) is 0 Å². The highest BCUT2D eigenvalue weighted by Gasteiger charge is 2.47. The molecule has 1 saturated carbocycles. The summed E-state index contributed by atoms with van der Waals surface area (Å²) in [5.74, 6) is 0.675. The molecule has 2 atom stereocenters. The molecule has 4 nitrogen and oxygen atoms in total. The number of rotatable bonds is 3. The predicted octanol–water partition coefficient (Wildman–Crippen LogP) is 1.44. The minimum absolute atomic E-state index is 0.0640. The average molecular weight is 228 g/mol. The molecule has 2 rings (SSSR count). The first kappa shape index (κ1) is 10.4. The van der Waals surface area contributed by atoms with Gasteiger partial charge in [0.05, 0.1) is 12.4 Å². The Labute approximate surface area is 88.6 Å². The Balaban J connectivity index is 2.14. The number of hydrogen-bond donors (Lipinski definition) is 1. The molecule has 0 amide bonds. The van der Waals surface area contributed by atoms with Crippen molar-refractivity contribution in [1.82, 2.24) is 0 Å². The molecule has 1 aliphatic rings. The normalized spacial score (nSPS) is 24.9. The largest absolute Gasteiger partial charge is 0.497 e. The molecule has 0 unspecified atom stereocenters. The Bertz CT molecular complexity index is 449. The van der Waals surface area contributed by atoms with Crippen molar-refractivity contribution in [3.05, 3.63) is 29.8 Å². The number of methoxy groups -OCH3 is 1. The van der Waals surface area contributed by atoms with Gasteiger partial charge in [0.2, 0.25) is 0 Å². The topological polar surface area (TPSA) is 63.6 Å². The van der Waals surface area contributed by atoms with Gasteiger partial charge in [-0.25, -0.2) is 0 Å². The highest BCUT2D eigenvalue weighted by Crippen LogP contribution is 2.45. The van der Waals surface area contributed by atoms with Crippen LogP contribution in [0.4, 0.5) is 0 Å². The van der Waals surface area contributed by atoms with Crippen LogP contribution in [0.3, 0.4) is 0 Å². The summed E-state index contributed by atoms with van der Waals surface area (Å²) in [5, 5.41) is -0.620. The van der Waals surface area contributed by atoms with Crippen LogP contribution in [0.2, 0.25) is 0 Å². The van der Waals surface area contributed by atoms with E-state index in [4.69, 9.17) is 9.29 Å². The summed E-state index contributed by atoms with van der Waals surface area (Å²) < 4.78 is 35.5. The summed E-state index contributed by atoms with van der Waals surface area (Å²) >= 11 is 0. The highest BCUT2D eigenvalue weighted by molar-refractivity contribution is 7.86. The van der Waals surface area contributed by atoms with Crippen molar-refractivity contribution in [1.29, 1.82) is 0 Å². The lowest BCUT2D eigenvalue weighted by molar-refractivity contribution is 0.414. The van der Waals surface area contributed by atoms with E-state index in [1.807, 2.05) is 12.1 Å². The molecule has 15 heavy (non-hydrogen) atoms. The zero-order valence-electron chi connectivity index (χ0n) is 8.25. The van der Waals surface area contributed by atoms with Crippen LogP contribution in [0.25, 0.3) is 0 Å². The van der Waals surface area contributed by atoms with Gasteiger partial charge in [0.15, 0.2) is 0 Å². The maximum Gasteiger partial charge on any atom is 0.268 e. The lowest BCUT2D eigenvalue weighted by atomic mass is 10.1. The Morgan fingerprint density at radius 3 is 2.33 bits per heavy atom. The first-order chi connectivity index (χ1) is 7.02. The van der Waals surface area contributed by atoms with Gasteiger partial charge in [0.25, 0.3) is 10.1 Å². The second kappa shape index (κ2) is 3.50. The number of hydrogen-bond acceptors (Lipinski definition) is 3. The molecule has 1 aliphatic carbocycles. The fourth-order valence-corrected chi connectivity index (χ4v) is 2.73. The zero-order chi connectivity index (χ0) is 11.1. The third-order valence-corrected chi connectivity index (χ3v) is 3.94. The van der Waals surface area contributed by atoms with E-state index >= 15 is 0 Å². The van der Waals surface area contributed by atoms with Crippen LogP contribution in [0.5, 0.6) is 5.75 Å². The maximum atomic E-state index is 10.8. The molecule has 82 valence electrons. The predicted molar refractivity (Wildman–Crippen MR) is 55.7 cm³/mol. The van der Waals surface area contributed by atoms with Crippen molar-refractivity contribution >= 4 is 10.1 Å². The van der Waals surface area contributed by atoms with E-state index in [-0.39, 0.29) is 5.92 Å². The zero-order valence-corrected chi connectivity index (χ0v) is 9.07. The van der Waals surface area contributed by atoms with Crippen LogP contribution in [0.15, 0.2) is 24.3 Å². The van der Waals surface area contributed by atoms with E-state index in [2.05, 4.69) is 0 Å². The molecule has 0 aromatic heterocycles. The Kier molecular flexibility index (Phi) is 2.44. The van der Waals surface area contributed by atoms with Crippen molar-refractivity contribution < 1.29 is 17.7 Å². The Hall–Kier alpha value is -1.07. The summed E-state index contributed by atoms with van der Waals surface area (Å²) in [6.07, 6.45) is 0.505. The van der Waals surface area contributed by atoms with Crippen molar-refractivity contribution in [3.63, 3.8) is 0 Å². The molecule has 0 bridgehead atoms. The van der Waals surface area contributed by atoms with E-state index in [9.17, 15) is 8.42 Å². The minimum Gasteiger partial charge on any atom is -0.497 e. The van der Waals surface area contributed by atoms with Gasteiger partial charge in [-0.15, -0.1) is 0 Å². The standard InChI is InChI=1S/C10H12O4S/c1-14-8-4-2-7(3-5-8)9-6-10(9)15(11,12)13/h2-5,9-10H,6H2,1H3,(H,11,12,13)/t9-,10-/m1/s1. The second-order valence-electron chi connectivity index (χ2n) is 3.67. The van der Waals surface area contributed by atoms with Gasteiger partial charge in [0.1, 0.15) is 5.75 Å². The van der Waals surface area contributed by atoms with Gasteiger partial charge < -0.3 is 4.74 Å². The minimum atomic E-state index is -3.87. The quantitative estimate of drug-likeness (QED) is 0.795. The van der Waals surface area contributed by atoms with Crippen LogP contribution < -0.4 is 4.74 Å². The van der Waals surface area contributed by atoms with E-state index in [0.717, 1.165) is 11.3 Å².